The molecule has 6 rings (SSSR count). The van der Waals surface area contributed by atoms with Crippen molar-refractivity contribution in [1.29, 1.82) is 0 Å². The van der Waals surface area contributed by atoms with E-state index in [0.29, 0.717) is 17.2 Å². The number of quaternary nitrogens is 1. The number of anilines is 1. The Morgan fingerprint density at radius 2 is 1.84 bits per heavy atom. The van der Waals surface area contributed by atoms with Crippen LogP contribution < -0.4 is 9.75 Å². The van der Waals surface area contributed by atoms with Crippen LogP contribution in [0.25, 0.3) is 10.8 Å². The second kappa shape index (κ2) is 7.77. The predicted molar refractivity (Wildman–Crippen MR) is 129 cm³/mol. The molecule has 5 heteroatoms. The molecule has 0 aromatic heterocycles. The number of rotatable bonds is 6. The molecule has 2 aliphatic heterocycles. The molecule has 3 aliphatic rings. The highest BCUT2D eigenvalue weighted by Crippen LogP contribution is 2.40. The van der Waals surface area contributed by atoms with E-state index >= 15 is 0 Å². The van der Waals surface area contributed by atoms with Crippen LogP contribution in [0, 0.1) is 0 Å². The first kappa shape index (κ1) is 19.0. The van der Waals surface area contributed by atoms with Crippen molar-refractivity contribution < 1.29 is 9.33 Å². The van der Waals surface area contributed by atoms with Crippen molar-refractivity contribution in [3.8, 4) is 5.75 Å². The van der Waals surface area contributed by atoms with Gasteiger partial charge in [0.05, 0.1) is 30.3 Å². The molecule has 5 nitrogen and oxygen atoms in total. The summed E-state index contributed by atoms with van der Waals surface area (Å²) < 4.78 is 6.75. The molecule has 3 aromatic rings. The summed E-state index contributed by atoms with van der Waals surface area (Å²) in [5.74, 6) is 0.870. The fraction of sp³-hybridized carbons (Fsp3) is 0.185. The zero-order valence-corrected chi connectivity index (χ0v) is 17.8. The predicted octanol–water partition coefficient (Wildman–Crippen LogP) is 5.95. The van der Waals surface area contributed by atoms with E-state index < -0.39 is 0 Å². The summed E-state index contributed by atoms with van der Waals surface area (Å²) in [6.45, 7) is 0.535. The van der Waals surface area contributed by atoms with Gasteiger partial charge in [-0.2, -0.15) is 0 Å². The fourth-order valence-corrected chi connectivity index (χ4v) is 4.73. The molecule has 3 aromatic carbocycles. The Morgan fingerprint density at radius 3 is 2.75 bits per heavy atom. The summed E-state index contributed by atoms with van der Waals surface area (Å²) in [6.07, 6.45) is 13.4. The average molecular weight is 422 g/mol. The van der Waals surface area contributed by atoms with Gasteiger partial charge in [-0.1, -0.05) is 48.5 Å². The van der Waals surface area contributed by atoms with E-state index in [0.717, 1.165) is 17.1 Å². The highest BCUT2D eigenvalue weighted by Gasteiger charge is 2.46. The maximum Gasteiger partial charge on any atom is 0.225 e. The van der Waals surface area contributed by atoms with Crippen LogP contribution in [0.5, 0.6) is 5.75 Å². The van der Waals surface area contributed by atoms with Gasteiger partial charge in [0.1, 0.15) is 12.4 Å². The van der Waals surface area contributed by atoms with Gasteiger partial charge in [-0.05, 0) is 47.7 Å². The van der Waals surface area contributed by atoms with Crippen LogP contribution in [0.3, 0.4) is 0 Å². The van der Waals surface area contributed by atoms with E-state index in [4.69, 9.17) is 4.74 Å². The third-order valence-electron chi connectivity index (χ3n) is 6.58. The number of benzene rings is 3. The van der Waals surface area contributed by atoms with Crippen LogP contribution in [-0.2, 0) is 6.61 Å². The Morgan fingerprint density at radius 1 is 0.969 bits per heavy atom. The van der Waals surface area contributed by atoms with E-state index in [2.05, 4.69) is 81.9 Å². The minimum absolute atomic E-state index is 0.451. The average Bonchev–Trinajstić information content (AvgIpc) is 3.25. The van der Waals surface area contributed by atoms with Crippen molar-refractivity contribution in [2.75, 3.05) is 5.01 Å². The molecule has 1 aliphatic carbocycles. The van der Waals surface area contributed by atoms with Crippen molar-refractivity contribution in [2.24, 2.45) is 9.98 Å². The number of hydrogen-bond donors (Lipinski definition) is 0. The van der Waals surface area contributed by atoms with Gasteiger partial charge in [0.25, 0.3) is 0 Å². The maximum absolute atomic E-state index is 6.29. The van der Waals surface area contributed by atoms with Gasteiger partial charge in [0.2, 0.25) is 12.0 Å². The molecular formula is C27H25N4O+. The lowest BCUT2D eigenvalue weighted by Crippen LogP contribution is -2.61. The molecular weight excluding hydrogens is 396 g/mol. The summed E-state index contributed by atoms with van der Waals surface area (Å²) in [6, 6.07) is 23.7. The number of aliphatic imine (C=N–C) groups is 2. The molecule has 0 radical (unpaired) electrons. The highest BCUT2D eigenvalue weighted by molar-refractivity contribution is 5.85. The van der Waals surface area contributed by atoms with Gasteiger partial charge in [-0.25, -0.2) is 10.0 Å². The number of ether oxygens (including phenoxy) is 1. The van der Waals surface area contributed by atoms with E-state index in [1.165, 1.54) is 35.6 Å². The molecule has 1 fully saturated rings. The lowest BCUT2D eigenvalue weighted by atomic mass is 9.91. The maximum atomic E-state index is 6.29. The van der Waals surface area contributed by atoms with E-state index in [-0.39, 0.29) is 0 Å². The van der Waals surface area contributed by atoms with Crippen molar-refractivity contribution in [1.82, 2.24) is 0 Å². The SMILES string of the molecule is C1=C[N+]2(N(c3cccc(OCc4cccc5ccccc45)c3)C3CCC3)C=NC=C2C=N1. The quantitative estimate of drug-likeness (QED) is 0.461. The molecule has 1 unspecified atom stereocenters. The third-order valence-corrected chi connectivity index (χ3v) is 6.58. The van der Waals surface area contributed by atoms with Crippen LogP contribution >= 0.6 is 0 Å². The largest absolute Gasteiger partial charge is 0.489 e. The summed E-state index contributed by atoms with van der Waals surface area (Å²) in [7, 11) is 0. The van der Waals surface area contributed by atoms with E-state index in [1.807, 2.05) is 31.0 Å². The molecule has 0 saturated heterocycles. The Kier molecular flexibility index (Phi) is 4.62. The van der Waals surface area contributed by atoms with Crippen molar-refractivity contribution in [2.45, 2.75) is 31.9 Å². The topological polar surface area (TPSA) is 37.2 Å². The first-order chi connectivity index (χ1) is 15.8. The Balaban J connectivity index is 1.31. The molecule has 0 amide bonds. The van der Waals surface area contributed by atoms with Crippen molar-refractivity contribution in [3.63, 3.8) is 0 Å². The summed E-state index contributed by atoms with van der Waals surface area (Å²) in [5, 5.41) is 4.92. The standard InChI is InChI=1S/C27H25N4O/c1-2-13-27-21(6-1)7-3-8-22(27)19-32-26-12-5-11-24(16-26)30(23-9-4-10-23)31-15-14-28-17-25(31)18-29-20-31/h1-3,5-8,11-18,20,23H,4,9-10,19H2/q+1. The molecule has 1 atom stereocenters. The molecule has 0 spiro atoms. The Bertz CT molecular complexity index is 1280. The first-order valence-electron chi connectivity index (χ1n) is 11.2. The van der Waals surface area contributed by atoms with Crippen LogP contribution in [0.1, 0.15) is 24.8 Å². The lowest BCUT2D eigenvalue weighted by molar-refractivity contribution is -0.746. The summed E-state index contributed by atoms with van der Waals surface area (Å²) in [5.41, 5.74) is 3.38. The Hall–Kier alpha value is -3.70. The van der Waals surface area contributed by atoms with Gasteiger partial charge in [0, 0.05) is 6.07 Å². The molecule has 0 bridgehead atoms. The summed E-state index contributed by atoms with van der Waals surface area (Å²) >= 11 is 0. The zero-order chi connectivity index (χ0) is 21.4. The molecule has 1 saturated carbocycles. The number of nitrogens with zero attached hydrogens (tertiary/aromatic N) is 4. The molecule has 2 heterocycles. The van der Waals surface area contributed by atoms with Crippen molar-refractivity contribution >= 4 is 29.0 Å². The van der Waals surface area contributed by atoms with Crippen LogP contribution in [0.4, 0.5) is 5.69 Å². The number of fused-ring (bicyclic) bond motifs is 2. The highest BCUT2D eigenvalue weighted by atomic mass is 16.5. The van der Waals surface area contributed by atoms with Gasteiger partial charge >= 0.3 is 0 Å². The minimum atomic E-state index is 0.451. The van der Waals surface area contributed by atoms with Gasteiger partial charge in [-0.15, -0.1) is 4.59 Å². The first-order valence-corrected chi connectivity index (χ1v) is 11.2. The van der Waals surface area contributed by atoms with Crippen molar-refractivity contribution in [3.05, 3.63) is 96.6 Å². The zero-order valence-electron chi connectivity index (χ0n) is 17.8. The number of hydrogen-bond acceptors (Lipinski definition) is 4. The number of allylic oxidation sites excluding steroid dienone is 1. The van der Waals surface area contributed by atoms with Crippen LogP contribution in [-0.4, -0.2) is 23.2 Å². The molecule has 32 heavy (non-hydrogen) atoms. The van der Waals surface area contributed by atoms with E-state index in [9.17, 15) is 0 Å². The second-order valence-corrected chi connectivity index (χ2v) is 8.49. The third kappa shape index (κ3) is 3.13. The monoisotopic (exact) mass is 421 g/mol. The smallest absolute Gasteiger partial charge is 0.225 e. The lowest BCUT2D eigenvalue weighted by Gasteiger charge is -2.46. The Labute approximate surface area is 187 Å². The van der Waals surface area contributed by atoms with Gasteiger partial charge < -0.3 is 4.74 Å². The molecule has 0 N–H and O–H groups in total. The minimum Gasteiger partial charge on any atom is -0.489 e. The fourth-order valence-electron chi connectivity index (χ4n) is 4.73. The van der Waals surface area contributed by atoms with Gasteiger partial charge in [0.15, 0.2) is 6.20 Å². The van der Waals surface area contributed by atoms with Crippen LogP contribution in [0.15, 0.2) is 101 Å². The second-order valence-electron chi connectivity index (χ2n) is 8.49. The van der Waals surface area contributed by atoms with E-state index in [1.54, 1.807) is 0 Å². The van der Waals surface area contributed by atoms with Crippen LogP contribution in [0.2, 0.25) is 0 Å². The summed E-state index contributed by atoms with van der Waals surface area (Å²) in [4.78, 5) is 8.81. The normalized spacial score (nSPS) is 21.3. The molecule has 158 valence electrons. The van der Waals surface area contributed by atoms with Gasteiger partial charge in [-0.3, -0.25) is 4.99 Å².